The molecule has 0 aliphatic carbocycles. The highest BCUT2D eigenvalue weighted by Gasteiger charge is 2.16. The maximum atomic E-state index is 10.6. The number of unbranched alkanes of at least 4 members (excludes halogenated alkanes) is 2. The van der Waals surface area contributed by atoms with Crippen LogP contribution < -0.4 is 0 Å². The lowest BCUT2D eigenvalue weighted by Crippen LogP contribution is -2.37. The Morgan fingerprint density at radius 3 is 1.72 bits per heavy atom. The molecule has 0 saturated heterocycles. The molecule has 0 fully saturated rings. The van der Waals surface area contributed by atoms with Gasteiger partial charge in [0, 0.05) is 6.54 Å². The van der Waals surface area contributed by atoms with E-state index in [0.717, 1.165) is 25.9 Å². The number of hydrogen-bond donors (Lipinski definition) is 1. The van der Waals surface area contributed by atoms with Crippen LogP contribution in [0, 0.1) is 0 Å². The largest absolute Gasteiger partial charge is 0.389 e. The van der Waals surface area contributed by atoms with E-state index in [1.165, 1.54) is 36.8 Å². The molecular formula is C26H39NO2. The van der Waals surface area contributed by atoms with Gasteiger partial charge < -0.3 is 14.7 Å². The standard InChI is InChI=1S/C26H39NO2/c1-3-5-17-27(18-6-4-2)21-25(28)22-29-26(19-23-13-9-7-10-14-23)20-24-15-11-8-12-16-24/h7-16,25-26,28H,3-6,17-22H2,1-2H3. The van der Waals surface area contributed by atoms with Gasteiger partial charge in [0.05, 0.1) is 18.8 Å². The van der Waals surface area contributed by atoms with Crippen molar-refractivity contribution >= 4 is 0 Å². The molecule has 0 aliphatic rings. The monoisotopic (exact) mass is 397 g/mol. The lowest BCUT2D eigenvalue weighted by molar-refractivity contribution is -0.0209. The summed E-state index contributed by atoms with van der Waals surface area (Å²) in [6, 6.07) is 21.0. The van der Waals surface area contributed by atoms with Gasteiger partial charge in [-0.2, -0.15) is 0 Å². The van der Waals surface area contributed by atoms with Crippen LogP contribution in [-0.4, -0.2) is 48.5 Å². The molecule has 0 aliphatic heterocycles. The molecule has 2 aromatic rings. The molecule has 0 spiro atoms. The number of aliphatic hydroxyl groups excluding tert-OH is 1. The van der Waals surface area contributed by atoms with Crippen molar-refractivity contribution in [2.45, 2.75) is 64.6 Å². The van der Waals surface area contributed by atoms with Gasteiger partial charge in [-0.15, -0.1) is 0 Å². The minimum Gasteiger partial charge on any atom is -0.389 e. The zero-order valence-electron chi connectivity index (χ0n) is 18.3. The van der Waals surface area contributed by atoms with Crippen LogP contribution in [0.5, 0.6) is 0 Å². The first-order valence-corrected chi connectivity index (χ1v) is 11.3. The molecule has 1 N–H and O–H groups in total. The first kappa shape index (κ1) is 23.6. The number of ether oxygens (including phenoxy) is 1. The van der Waals surface area contributed by atoms with E-state index in [1.54, 1.807) is 0 Å². The highest BCUT2D eigenvalue weighted by atomic mass is 16.5. The van der Waals surface area contributed by atoms with Gasteiger partial charge in [-0.05, 0) is 49.9 Å². The van der Waals surface area contributed by atoms with Crippen LogP contribution in [0.3, 0.4) is 0 Å². The normalized spacial score (nSPS) is 12.6. The fraction of sp³-hybridized carbons (Fsp3) is 0.538. The predicted octanol–water partition coefficient (Wildman–Crippen LogP) is 5.12. The SMILES string of the molecule is CCCCN(CCCC)CC(O)COC(Cc1ccccc1)Cc1ccccc1. The highest BCUT2D eigenvalue weighted by Crippen LogP contribution is 2.13. The fourth-order valence-corrected chi connectivity index (χ4v) is 3.60. The number of benzene rings is 2. The lowest BCUT2D eigenvalue weighted by atomic mass is 10.0. The van der Waals surface area contributed by atoms with Gasteiger partial charge in [0.15, 0.2) is 0 Å². The van der Waals surface area contributed by atoms with E-state index in [1.807, 2.05) is 12.1 Å². The predicted molar refractivity (Wildman–Crippen MR) is 122 cm³/mol. The maximum absolute atomic E-state index is 10.6. The zero-order chi connectivity index (χ0) is 20.7. The summed E-state index contributed by atoms with van der Waals surface area (Å²) in [5, 5.41) is 10.6. The summed E-state index contributed by atoms with van der Waals surface area (Å²) in [5.74, 6) is 0. The van der Waals surface area contributed by atoms with Crippen molar-refractivity contribution in [3.05, 3.63) is 71.8 Å². The van der Waals surface area contributed by atoms with Crippen molar-refractivity contribution in [3.8, 4) is 0 Å². The van der Waals surface area contributed by atoms with Gasteiger partial charge in [-0.25, -0.2) is 0 Å². The Kier molecular flexibility index (Phi) is 11.7. The van der Waals surface area contributed by atoms with E-state index in [-0.39, 0.29) is 6.10 Å². The Morgan fingerprint density at radius 1 is 0.793 bits per heavy atom. The topological polar surface area (TPSA) is 32.7 Å². The smallest absolute Gasteiger partial charge is 0.0900 e. The molecule has 2 rings (SSSR count). The van der Waals surface area contributed by atoms with E-state index in [0.29, 0.717) is 13.2 Å². The molecule has 0 amide bonds. The van der Waals surface area contributed by atoms with Gasteiger partial charge in [-0.3, -0.25) is 0 Å². The Morgan fingerprint density at radius 2 is 1.28 bits per heavy atom. The summed E-state index contributed by atoms with van der Waals surface area (Å²) in [7, 11) is 0. The van der Waals surface area contributed by atoms with Crippen molar-refractivity contribution in [3.63, 3.8) is 0 Å². The Balaban J connectivity index is 1.90. The Labute approximate surface area is 177 Å². The summed E-state index contributed by atoms with van der Waals surface area (Å²) in [5.41, 5.74) is 2.55. The maximum Gasteiger partial charge on any atom is 0.0900 e. The van der Waals surface area contributed by atoms with Crippen LogP contribution in [0.25, 0.3) is 0 Å². The Hall–Kier alpha value is -1.68. The third-order valence-corrected chi connectivity index (χ3v) is 5.26. The average Bonchev–Trinajstić information content (AvgIpc) is 2.75. The molecule has 1 unspecified atom stereocenters. The molecule has 29 heavy (non-hydrogen) atoms. The van der Waals surface area contributed by atoms with Crippen LogP contribution in [0.15, 0.2) is 60.7 Å². The number of nitrogens with zero attached hydrogens (tertiary/aromatic N) is 1. The third kappa shape index (κ3) is 10.1. The second-order valence-corrected chi connectivity index (χ2v) is 8.00. The number of hydrogen-bond acceptors (Lipinski definition) is 3. The molecule has 0 saturated carbocycles. The fourth-order valence-electron chi connectivity index (χ4n) is 3.60. The molecule has 160 valence electrons. The summed E-state index contributed by atoms with van der Waals surface area (Å²) in [6.07, 6.45) is 6.07. The minimum absolute atomic E-state index is 0.0641. The minimum atomic E-state index is -0.447. The third-order valence-electron chi connectivity index (χ3n) is 5.26. The summed E-state index contributed by atoms with van der Waals surface area (Å²) in [4.78, 5) is 2.39. The van der Waals surface area contributed by atoms with Crippen LogP contribution >= 0.6 is 0 Å². The first-order valence-electron chi connectivity index (χ1n) is 11.3. The molecule has 0 heterocycles. The van der Waals surface area contributed by atoms with Gasteiger partial charge in [0.25, 0.3) is 0 Å². The van der Waals surface area contributed by atoms with E-state index >= 15 is 0 Å². The van der Waals surface area contributed by atoms with E-state index in [4.69, 9.17) is 4.74 Å². The van der Waals surface area contributed by atoms with Crippen molar-refractivity contribution in [2.75, 3.05) is 26.2 Å². The average molecular weight is 398 g/mol. The van der Waals surface area contributed by atoms with Crippen LogP contribution in [0.2, 0.25) is 0 Å². The van der Waals surface area contributed by atoms with Gasteiger partial charge in [0.2, 0.25) is 0 Å². The van der Waals surface area contributed by atoms with Crippen LogP contribution in [0.1, 0.15) is 50.7 Å². The molecular weight excluding hydrogens is 358 g/mol. The van der Waals surface area contributed by atoms with E-state index < -0.39 is 6.10 Å². The van der Waals surface area contributed by atoms with Gasteiger partial charge in [0.1, 0.15) is 0 Å². The molecule has 3 heteroatoms. The van der Waals surface area contributed by atoms with E-state index in [9.17, 15) is 5.11 Å². The quantitative estimate of drug-likeness (QED) is 0.453. The zero-order valence-corrected chi connectivity index (χ0v) is 18.3. The summed E-state index contributed by atoms with van der Waals surface area (Å²) in [6.45, 7) is 7.64. The molecule has 0 bridgehead atoms. The van der Waals surface area contributed by atoms with Crippen LogP contribution in [0.4, 0.5) is 0 Å². The highest BCUT2D eigenvalue weighted by molar-refractivity contribution is 5.19. The van der Waals surface area contributed by atoms with Crippen LogP contribution in [-0.2, 0) is 17.6 Å². The number of aliphatic hydroxyl groups is 1. The number of rotatable bonds is 15. The summed E-state index contributed by atoms with van der Waals surface area (Å²) < 4.78 is 6.24. The molecule has 2 aromatic carbocycles. The summed E-state index contributed by atoms with van der Waals surface area (Å²) >= 11 is 0. The lowest BCUT2D eigenvalue weighted by Gasteiger charge is -2.26. The molecule has 0 aromatic heterocycles. The first-order chi connectivity index (χ1) is 14.2. The van der Waals surface area contributed by atoms with Crippen molar-refractivity contribution in [1.29, 1.82) is 0 Å². The van der Waals surface area contributed by atoms with Crippen molar-refractivity contribution in [2.24, 2.45) is 0 Å². The molecule has 1 atom stereocenters. The van der Waals surface area contributed by atoms with Gasteiger partial charge in [-0.1, -0.05) is 87.4 Å². The molecule has 3 nitrogen and oxygen atoms in total. The van der Waals surface area contributed by atoms with Crippen molar-refractivity contribution in [1.82, 2.24) is 4.90 Å². The van der Waals surface area contributed by atoms with Gasteiger partial charge >= 0.3 is 0 Å². The second kappa shape index (κ2) is 14.3. The molecule has 0 radical (unpaired) electrons. The van der Waals surface area contributed by atoms with Crippen molar-refractivity contribution < 1.29 is 9.84 Å². The second-order valence-electron chi connectivity index (χ2n) is 8.00. The Bertz CT molecular complexity index is 582. The van der Waals surface area contributed by atoms with E-state index in [2.05, 4.69) is 67.3 Å².